The number of fused-ring (bicyclic) bond motifs is 3. The lowest BCUT2D eigenvalue weighted by Gasteiger charge is -2.34. The monoisotopic (exact) mass is 454 g/mol. The third kappa shape index (κ3) is 4.41. The van der Waals surface area contributed by atoms with Crippen molar-refractivity contribution in [2.24, 2.45) is 5.11 Å². The zero-order valence-electron chi connectivity index (χ0n) is 18.8. The van der Waals surface area contributed by atoms with E-state index in [-0.39, 0.29) is 12.0 Å². The quantitative estimate of drug-likeness (QED) is 0.245. The van der Waals surface area contributed by atoms with E-state index in [2.05, 4.69) is 39.2 Å². The molecule has 1 saturated heterocycles. The lowest BCUT2D eigenvalue weighted by molar-refractivity contribution is 0.0729. The van der Waals surface area contributed by atoms with E-state index in [1.807, 2.05) is 36.4 Å². The third-order valence-electron chi connectivity index (χ3n) is 6.53. The summed E-state index contributed by atoms with van der Waals surface area (Å²) in [4.78, 5) is 19.7. The number of nitrogens with two attached hydrogens (primary N) is 1. The number of nitrogen functional groups attached to an aromatic ring is 1. The molecule has 0 spiro atoms. The van der Waals surface area contributed by atoms with Crippen LogP contribution < -0.4 is 5.73 Å². The van der Waals surface area contributed by atoms with Gasteiger partial charge in [0, 0.05) is 54.9 Å². The van der Waals surface area contributed by atoms with Gasteiger partial charge in [0.2, 0.25) is 0 Å². The van der Waals surface area contributed by atoms with Gasteiger partial charge in [0.05, 0.1) is 0 Å². The van der Waals surface area contributed by atoms with Crippen LogP contribution in [0, 0.1) is 0 Å². The van der Waals surface area contributed by atoms with E-state index in [1.54, 1.807) is 11.0 Å². The van der Waals surface area contributed by atoms with Crippen molar-refractivity contribution in [3.63, 3.8) is 0 Å². The Morgan fingerprint density at radius 3 is 2.29 bits per heavy atom. The Labute approximate surface area is 198 Å². The summed E-state index contributed by atoms with van der Waals surface area (Å²) in [5.74, 6) is 0.0615. The minimum atomic E-state index is -0.267. The number of carbonyl (C=O) groups is 1. The van der Waals surface area contributed by atoms with Gasteiger partial charge in [0.1, 0.15) is 6.61 Å². The summed E-state index contributed by atoms with van der Waals surface area (Å²) < 4.78 is 5.80. The summed E-state index contributed by atoms with van der Waals surface area (Å²) >= 11 is 0. The lowest BCUT2D eigenvalue weighted by Crippen LogP contribution is -2.48. The van der Waals surface area contributed by atoms with Gasteiger partial charge in [-0.2, -0.15) is 0 Å². The molecular formula is C26H26N6O2. The van der Waals surface area contributed by atoms with Crippen LogP contribution >= 0.6 is 0 Å². The number of rotatable bonds is 5. The fourth-order valence-electron chi connectivity index (χ4n) is 4.93. The van der Waals surface area contributed by atoms with Crippen molar-refractivity contribution >= 4 is 17.5 Å². The summed E-state index contributed by atoms with van der Waals surface area (Å²) in [6.07, 6.45) is -0.267. The van der Waals surface area contributed by atoms with Gasteiger partial charge in [0.25, 0.3) is 0 Å². The highest BCUT2D eigenvalue weighted by Crippen LogP contribution is 2.44. The molecular weight excluding hydrogens is 428 g/mol. The Morgan fingerprint density at radius 2 is 1.65 bits per heavy atom. The highest BCUT2D eigenvalue weighted by Gasteiger charge is 2.30. The summed E-state index contributed by atoms with van der Waals surface area (Å²) in [7, 11) is 0. The first-order chi connectivity index (χ1) is 16.6. The minimum absolute atomic E-state index is 0.0615. The van der Waals surface area contributed by atoms with Gasteiger partial charge in [0.15, 0.2) is 0 Å². The maximum absolute atomic E-state index is 12.8. The van der Waals surface area contributed by atoms with Crippen LogP contribution in [0.15, 0.2) is 71.8 Å². The highest BCUT2D eigenvalue weighted by atomic mass is 16.6. The second-order valence-electron chi connectivity index (χ2n) is 8.69. The average molecular weight is 455 g/mol. The molecule has 2 N–H and O–H groups in total. The summed E-state index contributed by atoms with van der Waals surface area (Å²) in [5.41, 5.74) is 21.5. The molecule has 1 aliphatic carbocycles. The maximum atomic E-state index is 12.8. The molecule has 1 amide bonds. The number of anilines is 1. The number of hydrogen-bond donors (Lipinski definition) is 1. The van der Waals surface area contributed by atoms with Gasteiger partial charge in [-0.05, 0) is 51.5 Å². The molecule has 0 atom stereocenters. The molecule has 3 aromatic carbocycles. The topological polar surface area (TPSA) is 108 Å². The van der Waals surface area contributed by atoms with Crippen LogP contribution in [-0.4, -0.2) is 48.7 Å². The molecule has 0 aromatic heterocycles. The van der Waals surface area contributed by atoms with Crippen molar-refractivity contribution < 1.29 is 9.53 Å². The van der Waals surface area contributed by atoms with E-state index in [9.17, 15) is 4.79 Å². The average Bonchev–Trinajstić information content (AvgIpc) is 3.17. The van der Waals surface area contributed by atoms with Gasteiger partial charge < -0.3 is 15.4 Å². The lowest BCUT2D eigenvalue weighted by atomic mass is 9.98. The molecule has 8 nitrogen and oxygen atoms in total. The van der Waals surface area contributed by atoms with Crippen LogP contribution in [0.4, 0.5) is 16.2 Å². The molecule has 3 aromatic rings. The van der Waals surface area contributed by atoms with Crippen molar-refractivity contribution in [3.05, 3.63) is 93.9 Å². The molecule has 0 radical (unpaired) electrons. The Balaban J connectivity index is 1.17. The van der Waals surface area contributed by atoms with Crippen LogP contribution in [0.1, 0.15) is 22.6 Å². The Hall–Kier alpha value is -4.00. The molecule has 0 bridgehead atoms. The standard InChI is InChI=1S/C26H26N6O2/c27-19-13-18(14-20(15-19)29-30-28)16-31-9-11-32(12-10-31)26(33)34-17-25-23-7-3-1-5-21(23)22-6-2-4-8-24(22)25/h1-8,13-15,25H,9-12,16-17,27H2. The maximum Gasteiger partial charge on any atom is 0.409 e. The molecule has 0 unspecified atom stereocenters. The summed E-state index contributed by atoms with van der Waals surface area (Å²) in [6.45, 7) is 3.67. The van der Waals surface area contributed by atoms with Gasteiger partial charge in [-0.3, -0.25) is 4.90 Å². The van der Waals surface area contributed by atoms with E-state index < -0.39 is 0 Å². The number of carbonyl (C=O) groups excluding carboxylic acids is 1. The predicted molar refractivity (Wildman–Crippen MR) is 132 cm³/mol. The normalized spacial score (nSPS) is 15.4. The van der Waals surface area contributed by atoms with Crippen LogP contribution in [0.3, 0.4) is 0 Å². The number of azide groups is 1. The largest absolute Gasteiger partial charge is 0.448 e. The molecule has 172 valence electrons. The van der Waals surface area contributed by atoms with Crippen molar-refractivity contribution in [3.8, 4) is 11.1 Å². The smallest absolute Gasteiger partial charge is 0.409 e. The molecule has 34 heavy (non-hydrogen) atoms. The fraction of sp³-hybridized carbons (Fsp3) is 0.269. The molecule has 2 aliphatic rings. The van der Waals surface area contributed by atoms with Crippen LogP contribution in [0.5, 0.6) is 0 Å². The van der Waals surface area contributed by atoms with E-state index in [0.717, 1.165) is 18.7 Å². The van der Waals surface area contributed by atoms with Crippen LogP contribution in [0.25, 0.3) is 21.6 Å². The zero-order valence-corrected chi connectivity index (χ0v) is 18.8. The predicted octanol–water partition coefficient (Wildman–Crippen LogP) is 5.28. The van der Waals surface area contributed by atoms with Gasteiger partial charge in [-0.1, -0.05) is 53.6 Å². The molecule has 8 heteroatoms. The van der Waals surface area contributed by atoms with Crippen molar-refractivity contribution in [1.82, 2.24) is 9.80 Å². The second kappa shape index (κ2) is 9.47. The Morgan fingerprint density at radius 1 is 1.00 bits per heavy atom. The van der Waals surface area contributed by atoms with Crippen molar-refractivity contribution in [2.45, 2.75) is 12.5 Å². The molecule has 1 heterocycles. The number of nitrogens with zero attached hydrogens (tertiary/aromatic N) is 5. The first kappa shape index (κ1) is 21.8. The summed E-state index contributed by atoms with van der Waals surface area (Å²) in [5, 5.41) is 3.65. The molecule has 5 rings (SSSR count). The van der Waals surface area contributed by atoms with E-state index >= 15 is 0 Å². The first-order valence-corrected chi connectivity index (χ1v) is 11.4. The first-order valence-electron chi connectivity index (χ1n) is 11.4. The van der Waals surface area contributed by atoms with Crippen LogP contribution in [0.2, 0.25) is 0 Å². The van der Waals surface area contributed by atoms with Gasteiger partial charge in [-0.25, -0.2) is 4.79 Å². The van der Waals surface area contributed by atoms with E-state index in [1.165, 1.54) is 22.3 Å². The molecule has 0 saturated carbocycles. The van der Waals surface area contributed by atoms with Crippen molar-refractivity contribution in [2.75, 3.05) is 38.5 Å². The number of piperazine rings is 1. The Kier molecular flexibility index (Phi) is 6.08. The number of ether oxygens (including phenoxy) is 1. The number of amides is 1. The fourth-order valence-corrected chi connectivity index (χ4v) is 4.93. The number of hydrogen-bond acceptors (Lipinski definition) is 5. The third-order valence-corrected chi connectivity index (χ3v) is 6.53. The molecule has 1 aliphatic heterocycles. The number of benzene rings is 3. The van der Waals surface area contributed by atoms with Crippen LogP contribution in [-0.2, 0) is 11.3 Å². The van der Waals surface area contributed by atoms with Crippen molar-refractivity contribution in [1.29, 1.82) is 0 Å². The van der Waals surface area contributed by atoms with E-state index in [4.69, 9.17) is 16.0 Å². The van der Waals surface area contributed by atoms with Gasteiger partial charge >= 0.3 is 6.09 Å². The zero-order chi connectivity index (χ0) is 23.5. The minimum Gasteiger partial charge on any atom is -0.448 e. The van der Waals surface area contributed by atoms with E-state index in [0.29, 0.717) is 37.6 Å². The molecule has 1 fully saturated rings. The summed E-state index contributed by atoms with van der Waals surface area (Å²) in [6, 6.07) is 22.0. The Bertz CT molecular complexity index is 1220. The second-order valence-corrected chi connectivity index (χ2v) is 8.69. The SMILES string of the molecule is [N-]=[N+]=Nc1cc(N)cc(CN2CCN(C(=O)OCC3c4ccccc4-c4ccccc43)CC2)c1. The highest BCUT2D eigenvalue weighted by molar-refractivity contribution is 5.79. The van der Waals surface area contributed by atoms with Gasteiger partial charge in [-0.15, -0.1) is 0 Å².